The van der Waals surface area contributed by atoms with Crippen LogP contribution in [0.3, 0.4) is 0 Å². The Morgan fingerprint density at radius 3 is 2.82 bits per heavy atom. The maximum atomic E-state index is 13.3. The highest BCUT2D eigenvalue weighted by atomic mass is 19.1. The molecule has 1 amide bonds. The van der Waals surface area contributed by atoms with E-state index >= 15 is 0 Å². The van der Waals surface area contributed by atoms with E-state index < -0.39 is 35.4 Å². The highest BCUT2D eigenvalue weighted by Gasteiger charge is 2.54. The van der Waals surface area contributed by atoms with Crippen LogP contribution in [-0.2, 0) is 20.9 Å². The highest BCUT2D eigenvalue weighted by molar-refractivity contribution is 5.82. The average molecular weight is 310 g/mol. The number of benzene rings is 1. The second-order valence-corrected chi connectivity index (χ2v) is 5.16. The van der Waals surface area contributed by atoms with Crippen molar-refractivity contribution in [2.75, 3.05) is 6.61 Å². The highest BCUT2D eigenvalue weighted by Crippen LogP contribution is 2.33. The van der Waals surface area contributed by atoms with E-state index in [0.29, 0.717) is 11.1 Å². The molecule has 1 aliphatic rings. The zero-order valence-electron chi connectivity index (χ0n) is 11.9. The Hall–Kier alpha value is -2.51. The summed E-state index contributed by atoms with van der Waals surface area (Å²) >= 11 is 0. The molecule has 0 spiro atoms. The first kappa shape index (κ1) is 15.9. The normalized spacial score (nSPS) is 19.4. The topological polar surface area (TPSA) is 98.5 Å². The molecule has 118 valence electrons. The van der Waals surface area contributed by atoms with Crippen molar-refractivity contribution in [2.24, 2.45) is 5.92 Å². The number of carbonyl (C=O) groups is 2. The fraction of sp³-hybridized carbons (Fsp3) is 0.429. The molecule has 0 saturated heterocycles. The van der Waals surface area contributed by atoms with E-state index in [0.717, 1.165) is 0 Å². The van der Waals surface area contributed by atoms with Crippen molar-refractivity contribution in [3.05, 3.63) is 45.3 Å². The van der Waals surface area contributed by atoms with Gasteiger partial charge in [-0.1, -0.05) is 12.1 Å². The smallest absolute Gasteiger partial charge is 0.316 e. The summed E-state index contributed by atoms with van der Waals surface area (Å²) in [7, 11) is 0. The molecule has 0 aliphatic heterocycles. The summed E-state index contributed by atoms with van der Waals surface area (Å²) in [6, 6.07) is 3.69. The molecule has 2 unspecified atom stereocenters. The number of rotatable bonds is 6. The van der Waals surface area contributed by atoms with E-state index in [-0.39, 0.29) is 18.8 Å². The Morgan fingerprint density at radius 2 is 2.23 bits per heavy atom. The fourth-order valence-corrected chi connectivity index (χ4v) is 1.91. The van der Waals surface area contributed by atoms with Gasteiger partial charge in [-0.2, -0.15) is 0 Å². The van der Waals surface area contributed by atoms with Crippen molar-refractivity contribution in [3.63, 3.8) is 0 Å². The third-order valence-electron chi connectivity index (χ3n) is 3.40. The van der Waals surface area contributed by atoms with Gasteiger partial charge >= 0.3 is 5.97 Å². The molecule has 1 fully saturated rings. The molecular weight excluding hydrogens is 295 g/mol. The monoisotopic (exact) mass is 310 g/mol. The summed E-state index contributed by atoms with van der Waals surface area (Å²) in [5.41, 5.74) is 1.09. The van der Waals surface area contributed by atoms with Gasteiger partial charge in [0.2, 0.25) is 6.04 Å². The minimum absolute atomic E-state index is 0.106. The van der Waals surface area contributed by atoms with E-state index in [1.165, 1.54) is 6.07 Å². The molecule has 1 aliphatic carbocycles. The first-order chi connectivity index (χ1) is 10.4. The molecule has 2 rings (SSSR count). The van der Waals surface area contributed by atoms with Gasteiger partial charge in [0.05, 0.1) is 0 Å². The van der Waals surface area contributed by atoms with Gasteiger partial charge in [-0.15, -0.1) is 0 Å². The predicted octanol–water partition coefficient (Wildman–Crippen LogP) is 0.959. The molecule has 1 N–H and O–H groups in total. The number of halogens is 1. The molecule has 7 nitrogen and oxygen atoms in total. The lowest BCUT2D eigenvalue weighted by Crippen LogP contribution is -2.29. The van der Waals surface area contributed by atoms with Gasteiger partial charge in [-0.25, -0.2) is 4.39 Å². The molecule has 2 atom stereocenters. The SMILES string of the molecule is Cc1ccc(CNC(=O)COC(=O)C2CC2[N+](=O)[O-])cc1F. The van der Waals surface area contributed by atoms with Gasteiger partial charge in [0.1, 0.15) is 11.7 Å². The third kappa shape index (κ3) is 4.00. The largest absolute Gasteiger partial charge is 0.455 e. The predicted molar refractivity (Wildman–Crippen MR) is 72.8 cm³/mol. The van der Waals surface area contributed by atoms with E-state index in [1.54, 1.807) is 19.1 Å². The maximum absolute atomic E-state index is 13.3. The number of nitro groups is 1. The summed E-state index contributed by atoms with van der Waals surface area (Å²) in [5, 5.41) is 12.9. The first-order valence-electron chi connectivity index (χ1n) is 6.70. The summed E-state index contributed by atoms with van der Waals surface area (Å²) in [6.45, 7) is 1.23. The van der Waals surface area contributed by atoms with Crippen LogP contribution in [0.25, 0.3) is 0 Å². The van der Waals surface area contributed by atoms with Gasteiger partial charge in [0.25, 0.3) is 5.91 Å². The van der Waals surface area contributed by atoms with Crippen LogP contribution in [0.15, 0.2) is 18.2 Å². The molecule has 8 heteroatoms. The average Bonchev–Trinajstić information content (AvgIpc) is 3.26. The number of carbonyl (C=O) groups excluding carboxylic acids is 2. The lowest BCUT2D eigenvalue weighted by molar-refractivity contribution is -0.497. The van der Waals surface area contributed by atoms with Crippen molar-refractivity contribution < 1.29 is 23.6 Å². The van der Waals surface area contributed by atoms with Crippen LogP contribution in [0.1, 0.15) is 17.5 Å². The van der Waals surface area contributed by atoms with Gasteiger partial charge in [-0.3, -0.25) is 19.7 Å². The molecule has 1 aromatic carbocycles. The van der Waals surface area contributed by atoms with Crippen LogP contribution in [0.2, 0.25) is 0 Å². The Labute approximate surface area is 125 Å². The number of amides is 1. The molecular formula is C14H15FN2O5. The molecule has 0 radical (unpaired) electrons. The molecule has 22 heavy (non-hydrogen) atoms. The number of hydrogen-bond acceptors (Lipinski definition) is 5. The zero-order valence-corrected chi connectivity index (χ0v) is 11.9. The fourth-order valence-electron chi connectivity index (χ4n) is 1.91. The minimum atomic E-state index is -0.897. The Bertz CT molecular complexity index is 619. The van der Waals surface area contributed by atoms with Crippen LogP contribution < -0.4 is 5.32 Å². The lowest BCUT2D eigenvalue weighted by atomic mass is 10.1. The quantitative estimate of drug-likeness (QED) is 0.479. The molecule has 0 heterocycles. The number of ether oxygens (including phenoxy) is 1. The van der Waals surface area contributed by atoms with E-state index in [9.17, 15) is 24.1 Å². The van der Waals surface area contributed by atoms with Crippen molar-refractivity contribution in [1.82, 2.24) is 5.32 Å². The van der Waals surface area contributed by atoms with Gasteiger partial charge in [-0.05, 0) is 24.1 Å². The Morgan fingerprint density at radius 1 is 1.50 bits per heavy atom. The molecule has 1 aromatic rings. The Balaban J connectivity index is 1.71. The molecule has 1 saturated carbocycles. The minimum Gasteiger partial charge on any atom is -0.455 e. The third-order valence-corrected chi connectivity index (χ3v) is 3.40. The summed E-state index contributed by atoms with van der Waals surface area (Å²) in [4.78, 5) is 32.8. The number of nitrogens with one attached hydrogen (secondary N) is 1. The summed E-state index contributed by atoms with van der Waals surface area (Å²) < 4.78 is 18.0. The zero-order chi connectivity index (χ0) is 16.3. The lowest BCUT2D eigenvalue weighted by Gasteiger charge is -2.07. The first-order valence-corrected chi connectivity index (χ1v) is 6.70. The second-order valence-electron chi connectivity index (χ2n) is 5.16. The van der Waals surface area contributed by atoms with E-state index in [2.05, 4.69) is 5.32 Å². The number of aryl methyl sites for hydroxylation is 1. The van der Waals surface area contributed by atoms with Crippen molar-refractivity contribution in [2.45, 2.75) is 25.9 Å². The molecule has 0 aromatic heterocycles. The van der Waals surface area contributed by atoms with Crippen molar-refractivity contribution in [3.8, 4) is 0 Å². The number of nitrogens with zero attached hydrogens (tertiary/aromatic N) is 1. The second kappa shape index (κ2) is 6.50. The van der Waals surface area contributed by atoms with Crippen molar-refractivity contribution in [1.29, 1.82) is 0 Å². The van der Waals surface area contributed by atoms with Gasteiger partial charge in [0, 0.05) is 17.9 Å². The van der Waals surface area contributed by atoms with Crippen LogP contribution in [0, 0.1) is 28.8 Å². The Kier molecular flexibility index (Phi) is 4.69. The van der Waals surface area contributed by atoms with Crippen molar-refractivity contribution >= 4 is 11.9 Å². The van der Waals surface area contributed by atoms with Crippen LogP contribution in [-0.4, -0.2) is 29.4 Å². The summed E-state index contributed by atoms with van der Waals surface area (Å²) in [6.07, 6.45) is 0.149. The molecule has 0 bridgehead atoms. The maximum Gasteiger partial charge on any atom is 0.316 e. The van der Waals surface area contributed by atoms with Crippen LogP contribution in [0.5, 0.6) is 0 Å². The number of esters is 1. The summed E-state index contributed by atoms with van der Waals surface area (Å²) in [5.74, 6) is -2.41. The van der Waals surface area contributed by atoms with Crippen LogP contribution >= 0.6 is 0 Å². The van der Waals surface area contributed by atoms with Gasteiger partial charge < -0.3 is 10.1 Å². The number of hydrogen-bond donors (Lipinski definition) is 1. The van der Waals surface area contributed by atoms with Gasteiger partial charge in [0.15, 0.2) is 6.61 Å². The van der Waals surface area contributed by atoms with E-state index in [4.69, 9.17) is 4.74 Å². The van der Waals surface area contributed by atoms with Crippen LogP contribution in [0.4, 0.5) is 4.39 Å². The standard InChI is InChI=1S/C14H15FN2O5/c1-8-2-3-9(4-11(8)15)6-16-13(18)7-22-14(19)10-5-12(10)17(20)21/h2-4,10,12H,5-7H2,1H3,(H,16,18). The van der Waals surface area contributed by atoms with E-state index in [1.807, 2.05) is 0 Å².